The Labute approximate surface area is 192 Å². The molecule has 0 aromatic rings. The lowest BCUT2D eigenvalue weighted by atomic mass is 9.88. The number of aliphatic hydroxyl groups is 1. The fraction of sp³-hybridized carbons (Fsp3) is 1.00. The molecule has 0 atom stereocenters. The molecule has 0 unspecified atom stereocenters. The van der Waals surface area contributed by atoms with Crippen molar-refractivity contribution in [2.75, 3.05) is 6.61 Å². The standard InChI is InChI=1S/C26H55NO.C2H6/c1-3-5-7-9-11-13-15-17-19-21-23-26(27,25-28)24-22-20-18-16-14-12-10-8-6-4-2;1-2/h28H,3-25,27H2,1-2H3;1-2H3. The highest BCUT2D eigenvalue weighted by molar-refractivity contribution is 4.83. The summed E-state index contributed by atoms with van der Waals surface area (Å²) in [6.07, 6.45) is 29.1. The first-order valence-corrected chi connectivity index (χ1v) is 14.1. The monoisotopic (exact) mass is 427 g/mol. The SMILES string of the molecule is CC.CCCCCCCCCCCCC(N)(CO)CCCCCCCCCCCC. The first kappa shape index (κ1) is 32.1. The van der Waals surface area contributed by atoms with Crippen LogP contribution in [-0.4, -0.2) is 17.3 Å². The second-order valence-electron chi connectivity index (χ2n) is 9.38. The lowest BCUT2D eigenvalue weighted by Gasteiger charge is -2.27. The van der Waals surface area contributed by atoms with Gasteiger partial charge in [0.25, 0.3) is 0 Å². The molecular weight excluding hydrogens is 366 g/mol. The Balaban J connectivity index is 0. The smallest absolute Gasteiger partial charge is 0.0611 e. The maximum absolute atomic E-state index is 9.75. The Kier molecular flexibility index (Phi) is 28.8. The molecular formula is C28H61NO. The highest BCUT2D eigenvalue weighted by atomic mass is 16.3. The van der Waals surface area contributed by atoms with Crippen molar-refractivity contribution < 1.29 is 5.11 Å². The maximum Gasteiger partial charge on any atom is 0.0611 e. The molecule has 0 aromatic carbocycles. The van der Waals surface area contributed by atoms with Gasteiger partial charge in [-0.05, 0) is 12.8 Å². The zero-order valence-electron chi connectivity index (χ0n) is 21.8. The molecule has 0 aromatic heterocycles. The lowest BCUT2D eigenvalue weighted by molar-refractivity contribution is 0.171. The van der Waals surface area contributed by atoms with Gasteiger partial charge in [0, 0.05) is 5.54 Å². The van der Waals surface area contributed by atoms with E-state index < -0.39 is 0 Å². The number of rotatable bonds is 23. The summed E-state index contributed by atoms with van der Waals surface area (Å²) in [7, 11) is 0. The molecule has 3 N–H and O–H groups in total. The van der Waals surface area contributed by atoms with E-state index in [2.05, 4.69) is 13.8 Å². The zero-order chi connectivity index (χ0) is 22.8. The first-order chi connectivity index (χ1) is 14.7. The molecule has 0 radical (unpaired) electrons. The van der Waals surface area contributed by atoms with Crippen molar-refractivity contribution >= 4 is 0 Å². The third kappa shape index (κ3) is 24.2. The Morgan fingerprint density at radius 1 is 0.467 bits per heavy atom. The van der Waals surface area contributed by atoms with Crippen molar-refractivity contribution in [1.82, 2.24) is 0 Å². The van der Waals surface area contributed by atoms with E-state index in [1.54, 1.807) is 0 Å². The number of hydrogen-bond acceptors (Lipinski definition) is 2. The average Bonchev–Trinajstić information content (AvgIpc) is 2.77. The van der Waals surface area contributed by atoms with Crippen LogP contribution in [0.3, 0.4) is 0 Å². The van der Waals surface area contributed by atoms with Gasteiger partial charge in [0.05, 0.1) is 6.61 Å². The third-order valence-electron chi connectivity index (χ3n) is 6.37. The van der Waals surface area contributed by atoms with Gasteiger partial charge in [-0.1, -0.05) is 156 Å². The Morgan fingerprint density at radius 2 is 0.700 bits per heavy atom. The van der Waals surface area contributed by atoms with E-state index in [1.165, 1.54) is 128 Å². The second-order valence-corrected chi connectivity index (χ2v) is 9.38. The van der Waals surface area contributed by atoms with E-state index >= 15 is 0 Å². The summed E-state index contributed by atoms with van der Waals surface area (Å²) in [6, 6.07) is 0. The minimum atomic E-state index is -0.319. The van der Waals surface area contributed by atoms with Crippen molar-refractivity contribution in [2.24, 2.45) is 5.73 Å². The van der Waals surface area contributed by atoms with Gasteiger partial charge in [-0.2, -0.15) is 0 Å². The Bertz CT molecular complexity index is 268. The molecule has 2 heteroatoms. The summed E-state index contributed by atoms with van der Waals surface area (Å²) in [5.41, 5.74) is 6.15. The van der Waals surface area contributed by atoms with Gasteiger partial charge < -0.3 is 10.8 Å². The molecule has 2 nitrogen and oxygen atoms in total. The molecule has 0 aliphatic carbocycles. The predicted molar refractivity (Wildman–Crippen MR) is 138 cm³/mol. The molecule has 30 heavy (non-hydrogen) atoms. The van der Waals surface area contributed by atoms with Crippen LogP contribution in [0.2, 0.25) is 0 Å². The molecule has 0 saturated carbocycles. The van der Waals surface area contributed by atoms with Gasteiger partial charge in [0.2, 0.25) is 0 Å². The molecule has 0 bridgehead atoms. The van der Waals surface area contributed by atoms with Crippen LogP contribution in [-0.2, 0) is 0 Å². The van der Waals surface area contributed by atoms with Crippen LogP contribution in [0, 0.1) is 0 Å². The van der Waals surface area contributed by atoms with E-state index in [0.29, 0.717) is 0 Å². The summed E-state index contributed by atoms with van der Waals surface area (Å²) in [4.78, 5) is 0. The predicted octanol–water partition coefficient (Wildman–Crippen LogP) is 9.32. The molecule has 0 fully saturated rings. The first-order valence-electron chi connectivity index (χ1n) is 14.1. The van der Waals surface area contributed by atoms with Crippen LogP contribution >= 0.6 is 0 Å². The molecule has 0 heterocycles. The van der Waals surface area contributed by atoms with Crippen LogP contribution < -0.4 is 5.73 Å². The van der Waals surface area contributed by atoms with Gasteiger partial charge in [-0.15, -0.1) is 0 Å². The van der Waals surface area contributed by atoms with Crippen LogP contribution in [0.25, 0.3) is 0 Å². The van der Waals surface area contributed by atoms with E-state index in [-0.39, 0.29) is 12.1 Å². The number of unbranched alkanes of at least 4 members (excludes halogenated alkanes) is 18. The van der Waals surface area contributed by atoms with Crippen LogP contribution in [0.1, 0.15) is 169 Å². The van der Waals surface area contributed by atoms with E-state index in [0.717, 1.165) is 12.8 Å². The minimum Gasteiger partial charge on any atom is -0.394 e. The Hall–Kier alpha value is -0.0800. The lowest BCUT2D eigenvalue weighted by Crippen LogP contribution is -2.43. The van der Waals surface area contributed by atoms with Crippen molar-refractivity contribution in [1.29, 1.82) is 0 Å². The molecule has 0 spiro atoms. The second kappa shape index (κ2) is 27.0. The quantitative estimate of drug-likeness (QED) is 0.159. The molecule has 0 aliphatic heterocycles. The summed E-state index contributed by atoms with van der Waals surface area (Å²) in [5.74, 6) is 0. The molecule has 0 amide bonds. The van der Waals surface area contributed by atoms with Gasteiger partial charge >= 0.3 is 0 Å². The van der Waals surface area contributed by atoms with Crippen LogP contribution in [0.5, 0.6) is 0 Å². The van der Waals surface area contributed by atoms with E-state index in [9.17, 15) is 5.11 Å². The van der Waals surface area contributed by atoms with Crippen LogP contribution in [0.4, 0.5) is 0 Å². The van der Waals surface area contributed by atoms with Crippen molar-refractivity contribution in [3.8, 4) is 0 Å². The normalized spacial score (nSPS) is 11.4. The van der Waals surface area contributed by atoms with Crippen molar-refractivity contribution in [3.63, 3.8) is 0 Å². The number of hydrogen-bond donors (Lipinski definition) is 2. The highest BCUT2D eigenvalue weighted by Gasteiger charge is 2.22. The van der Waals surface area contributed by atoms with Crippen molar-refractivity contribution in [3.05, 3.63) is 0 Å². The van der Waals surface area contributed by atoms with Gasteiger partial charge in [0.1, 0.15) is 0 Å². The van der Waals surface area contributed by atoms with E-state index in [4.69, 9.17) is 5.73 Å². The summed E-state index contributed by atoms with van der Waals surface area (Å²) in [6.45, 7) is 8.71. The minimum absolute atomic E-state index is 0.155. The fourth-order valence-corrected chi connectivity index (χ4v) is 4.21. The number of nitrogens with two attached hydrogens (primary N) is 1. The molecule has 184 valence electrons. The van der Waals surface area contributed by atoms with E-state index in [1.807, 2.05) is 13.8 Å². The molecule has 0 aliphatic rings. The summed E-state index contributed by atoms with van der Waals surface area (Å²) < 4.78 is 0. The molecule has 0 rings (SSSR count). The van der Waals surface area contributed by atoms with Gasteiger partial charge in [0.15, 0.2) is 0 Å². The third-order valence-corrected chi connectivity index (χ3v) is 6.37. The Morgan fingerprint density at radius 3 is 0.933 bits per heavy atom. The largest absolute Gasteiger partial charge is 0.394 e. The highest BCUT2D eigenvalue weighted by Crippen LogP contribution is 2.21. The number of aliphatic hydroxyl groups excluding tert-OH is 1. The fourth-order valence-electron chi connectivity index (χ4n) is 4.21. The van der Waals surface area contributed by atoms with Crippen molar-refractivity contribution in [2.45, 2.75) is 174 Å². The van der Waals surface area contributed by atoms with Gasteiger partial charge in [-0.3, -0.25) is 0 Å². The summed E-state index contributed by atoms with van der Waals surface area (Å²) >= 11 is 0. The maximum atomic E-state index is 9.75. The van der Waals surface area contributed by atoms with Crippen LogP contribution in [0.15, 0.2) is 0 Å². The zero-order valence-corrected chi connectivity index (χ0v) is 21.8. The van der Waals surface area contributed by atoms with Gasteiger partial charge in [-0.25, -0.2) is 0 Å². The topological polar surface area (TPSA) is 46.2 Å². The summed E-state index contributed by atoms with van der Waals surface area (Å²) in [5, 5.41) is 9.75. The molecule has 0 saturated heterocycles. The average molecular weight is 428 g/mol.